The minimum atomic E-state index is 0.841. The molecule has 286 valence electrons. The molecule has 3 heteroatoms. The van der Waals surface area contributed by atoms with E-state index in [4.69, 9.17) is 8.83 Å². The monoisotopic (exact) mass is 779 g/mol. The van der Waals surface area contributed by atoms with Gasteiger partial charge in [0.1, 0.15) is 22.3 Å². The van der Waals surface area contributed by atoms with Crippen molar-refractivity contribution in [2.75, 3.05) is 4.90 Å². The van der Waals surface area contributed by atoms with Crippen LogP contribution < -0.4 is 4.90 Å². The number of hydrogen-bond acceptors (Lipinski definition) is 3. The summed E-state index contributed by atoms with van der Waals surface area (Å²) in [5.74, 6) is 0. The standard InChI is InChI=1S/C58H37NO2/c1-3-15-38(16-4-1)42-35-43(39-17-5-2-6-18-39)37-44(36-42)40-29-32-45(33-30-40)59(53-26-14-28-55-56(53)51-34-31-41-19-7-8-20-46(41)57(51)61-55)52-25-11-9-21-47(52)49-23-13-24-50-48-22-10-12-27-54(48)60-58(49)50/h1-37H. The minimum absolute atomic E-state index is 0.841. The Labute approximate surface area is 353 Å². The van der Waals surface area contributed by atoms with Crippen molar-refractivity contribution in [2.24, 2.45) is 0 Å². The number of benzene rings is 10. The summed E-state index contributed by atoms with van der Waals surface area (Å²) in [6.45, 7) is 0. The van der Waals surface area contributed by atoms with Gasteiger partial charge in [0.2, 0.25) is 0 Å². The van der Waals surface area contributed by atoms with Gasteiger partial charge in [-0.15, -0.1) is 0 Å². The third-order valence-electron chi connectivity index (χ3n) is 12.1. The summed E-state index contributed by atoms with van der Waals surface area (Å²) < 4.78 is 13.4. The molecule has 0 saturated heterocycles. The van der Waals surface area contributed by atoms with Gasteiger partial charge in [0.05, 0.1) is 16.8 Å². The lowest BCUT2D eigenvalue weighted by Crippen LogP contribution is -2.11. The molecule has 3 nitrogen and oxygen atoms in total. The van der Waals surface area contributed by atoms with Gasteiger partial charge in [0.25, 0.3) is 0 Å². The first-order chi connectivity index (χ1) is 30.2. The minimum Gasteiger partial charge on any atom is -0.455 e. The molecule has 0 aliphatic heterocycles. The second-order valence-corrected chi connectivity index (χ2v) is 15.6. The van der Waals surface area contributed by atoms with Crippen LogP contribution in [-0.2, 0) is 0 Å². The van der Waals surface area contributed by atoms with E-state index in [0.717, 1.165) is 94.0 Å². The van der Waals surface area contributed by atoms with E-state index in [1.54, 1.807) is 0 Å². The molecule has 0 spiro atoms. The van der Waals surface area contributed by atoms with Crippen LogP contribution in [0.1, 0.15) is 0 Å². The maximum Gasteiger partial charge on any atom is 0.143 e. The zero-order valence-corrected chi connectivity index (χ0v) is 33.1. The smallest absolute Gasteiger partial charge is 0.143 e. The lowest BCUT2D eigenvalue weighted by Gasteiger charge is -2.28. The predicted octanol–water partition coefficient (Wildman–Crippen LogP) is 16.8. The number of fused-ring (bicyclic) bond motifs is 8. The molecule has 0 atom stereocenters. The Kier molecular flexibility index (Phi) is 8.17. The van der Waals surface area contributed by atoms with Gasteiger partial charge >= 0.3 is 0 Å². The molecule has 12 rings (SSSR count). The maximum absolute atomic E-state index is 6.77. The summed E-state index contributed by atoms with van der Waals surface area (Å²) in [5.41, 5.74) is 15.7. The first-order valence-electron chi connectivity index (χ1n) is 20.7. The fourth-order valence-corrected chi connectivity index (χ4v) is 9.18. The van der Waals surface area contributed by atoms with Crippen molar-refractivity contribution in [3.63, 3.8) is 0 Å². The van der Waals surface area contributed by atoms with Crippen LogP contribution >= 0.6 is 0 Å². The summed E-state index contributed by atoms with van der Waals surface area (Å²) >= 11 is 0. The molecule has 0 saturated carbocycles. The van der Waals surface area contributed by atoms with Crippen molar-refractivity contribution < 1.29 is 8.83 Å². The van der Waals surface area contributed by atoms with E-state index >= 15 is 0 Å². The Hall–Kier alpha value is -8.14. The molecule has 0 aliphatic rings. The summed E-state index contributed by atoms with van der Waals surface area (Å²) in [4.78, 5) is 2.39. The van der Waals surface area contributed by atoms with Gasteiger partial charge in [-0.3, -0.25) is 0 Å². The molecule has 0 N–H and O–H groups in total. The van der Waals surface area contributed by atoms with E-state index in [-0.39, 0.29) is 0 Å². The van der Waals surface area contributed by atoms with Gasteiger partial charge in [0, 0.05) is 38.4 Å². The van der Waals surface area contributed by atoms with Gasteiger partial charge in [-0.05, 0) is 99.4 Å². The Balaban J connectivity index is 1.08. The summed E-state index contributed by atoms with van der Waals surface area (Å²) in [6.07, 6.45) is 0. The van der Waals surface area contributed by atoms with Gasteiger partial charge in [-0.25, -0.2) is 0 Å². The topological polar surface area (TPSA) is 29.5 Å². The predicted molar refractivity (Wildman–Crippen MR) is 255 cm³/mol. The third-order valence-corrected chi connectivity index (χ3v) is 12.1. The fraction of sp³-hybridized carbons (Fsp3) is 0. The number of nitrogens with zero attached hydrogens (tertiary/aromatic N) is 1. The van der Waals surface area contributed by atoms with Crippen molar-refractivity contribution in [3.05, 3.63) is 224 Å². The highest BCUT2D eigenvalue weighted by molar-refractivity contribution is 6.20. The lowest BCUT2D eigenvalue weighted by molar-refractivity contribution is 0.670. The second kappa shape index (κ2) is 14.3. The summed E-state index contributed by atoms with van der Waals surface area (Å²) in [6, 6.07) is 79.9. The van der Waals surface area contributed by atoms with Crippen LogP contribution in [-0.4, -0.2) is 0 Å². The highest BCUT2D eigenvalue weighted by Crippen LogP contribution is 2.48. The highest BCUT2D eigenvalue weighted by atomic mass is 16.3. The molecule has 0 fully saturated rings. The van der Waals surface area contributed by atoms with Crippen LogP contribution in [0.25, 0.3) is 99.2 Å². The van der Waals surface area contributed by atoms with Crippen LogP contribution in [0, 0.1) is 0 Å². The first kappa shape index (κ1) is 34.9. The Morgan fingerprint density at radius 1 is 0.295 bits per heavy atom. The van der Waals surface area contributed by atoms with Crippen LogP contribution in [0.2, 0.25) is 0 Å². The van der Waals surface area contributed by atoms with Gasteiger partial charge in [-0.1, -0.05) is 164 Å². The van der Waals surface area contributed by atoms with Crippen LogP contribution in [0.15, 0.2) is 233 Å². The summed E-state index contributed by atoms with van der Waals surface area (Å²) in [5, 5.41) is 6.60. The van der Waals surface area contributed by atoms with Crippen molar-refractivity contribution in [2.45, 2.75) is 0 Å². The van der Waals surface area contributed by atoms with Crippen LogP contribution in [0.3, 0.4) is 0 Å². The molecule has 0 bridgehead atoms. The molecule has 0 amide bonds. The van der Waals surface area contributed by atoms with Crippen molar-refractivity contribution >= 4 is 71.7 Å². The van der Waals surface area contributed by atoms with Gasteiger partial charge in [0.15, 0.2) is 0 Å². The number of para-hydroxylation sites is 3. The molecule has 0 aliphatic carbocycles. The van der Waals surface area contributed by atoms with Crippen LogP contribution in [0.5, 0.6) is 0 Å². The molecule has 10 aromatic carbocycles. The number of furan rings is 2. The molecule has 12 aromatic rings. The van der Waals surface area contributed by atoms with E-state index in [2.05, 4.69) is 217 Å². The van der Waals surface area contributed by atoms with Crippen LogP contribution in [0.4, 0.5) is 17.1 Å². The molecule has 2 heterocycles. The largest absolute Gasteiger partial charge is 0.455 e. The van der Waals surface area contributed by atoms with E-state index in [1.807, 2.05) is 12.1 Å². The van der Waals surface area contributed by atoms with Gasteiger partial charge < -0.3 is 13.7 Å². The molecular formula is C58H37NO2. The molecule has 61 heavy (non-hydrogen) atoms. The Morgan fingerprint density at radius 3 is 1.59 bits per heavy atom. The molecule has 0 unspecified atom stereocenters. The second-order valence-electron chi connectivity index (χ2n) is 15.6. The van der Waals surface area contributed by atoms with Crippen molar-refractivity contribution in [1.82, 2.24) is 0 Å². The SMILES string of the molecule is c1ccc(-c2cc(-c3ccccc3)cc(-c3ccc(N(c4ccccc4-c4cccc5c4oc4ccccc45)c4cccc5oc6c7ccccc7ccc6c45)cc3)c2)cc1. The van der Waals surface area contributed by atoms with E-state index in [0.29, 0.717) is 0 Å². The number of hydrogen-bond donors (Lipinski definition) is 0. The zero-order chi connectivity index (χ0) is 40.3. The van der Waals surface area contributed by atoms with Gasteiger partial charge in [-0.2, -0.15) is 0 Å². The lowest BCUT2D eigenvalue weighted by atomic mass is 9.93. The number of rotatable bonds is 7. The van der Waals surface area contributed by atoms with E-state index < -0.39 is 0 Å². The maximum atomic E-state index is 6.77. The average molecular weight is 780 g/mol. The van der Waals surface area contributed by atoms with E-state index in [1.165, 1.54) is 22.3 Å². The summed E-state index contributed by atoms with van der Waals surface area (Å²) in [7, 11) is 0. The molecule has 2 aromatic heterocycles. The Bertz CT molecular complexity index is 3520. The molecule has 0 radical (unpaired) electrons. The average Bonchev–Trinajstić information content (AvgIpc) is 3.92. The quantitative estimate of drug-likeness (QED) is 0.161. The van der Waals surface area contributed by atoms with Crippen molar-refractivity contribution in [3.8, 4) is 44.5 Å². The highest BCUT2D eigenvalue weighted by Gasteiger charge is 2.24. The molecular weight excluding hydrogens is 743 g/mol. The zero-order valence-electron chi connectivity index (χ0n) is 33.1. The fourth-order valence-electron chi connectivity index (χ4n) is 9.18. The Morgan fingerprint density at radius 2 is 0.836 bits per heavy atom. The first-order valence-corrected chi connectivity index (χ1v) is 20.7. The third kappa shape index (κ3) is 5.90. The number of anilines is 3. The normalized spacial score (nSPS) is 11.6. The van der Waals surface area contributed by atoms with Crippen molar-refractivity contribution in [1.29, 1.82) is 0 Å². The van der Waals surface area contributed by atoms with E-state index in [9.17, 15) is 0 Å².